The molecule has 0 bridgehead atoms. The van der Waals surface area contributed by atoms with Crippen LogP contribution in [0.25, 0.3) is 0 Å². The lowest BCUT2D eigenvalue weighted by Crippen LogP contribution is -2.26. The predicted octanol–water partition coefficient (Wildman–Crippen LogP) is 2.85. The molecule has 0 atom stereocenters. The standard InChI is InChI=1S/C11H14BrNO/c1-4-13(3)11(14)10-7-9(12)6-5-8(10)2/h5-7H,4H2,1-3H3. The predicted molar refractivity (Wildman–Crippen MR) is 61.5 cm³/mol. The molecule has 0 aliphatic heterocycles. The van der Waals surface area contributed by atoms with Crippen LogP contribution in [0, 0.1) is 6.92 Å². The van der Waals surface area contributed by atoms with Gasteiger partial charge in [-0.1, -0.05) is 22.0 Å². The molecule has 0 aromatic heterocycles. The maximum absolute atomic E-state index is 11.9. The minimum Gasteiger partial charge on any atom is -0.342 e. The van der Waals surface area contributed by atoms with Crippen LogP contribution in [0.5, 0.6) is 0 Å². The van der Waals surface area contributed by atoms with Crippen molar-refractivity contribution in [1.82, 2.24) is 4.90 Å². The summed E-state index contributed by atoms with van der Waals surface area (Å²) in [5.41, 5.74) is 1.78. The van der Waals surface area contributed by atoms with Crippen LogP contribution >= 0.6 is 15.9 Å². The van der Waals surface area contributed by atoms with Crippen LogP contribution in [0.3, 0.4) is 0 Å². The fourth-order valence-corrected chi connectivity index (χ4v) is 1.53. The summed E-state index contributed by atoms with van der Waals surface area (Å²) in [7, 11) is 1.81. The van der Waals surface area contributed by atoms with Crippen molar-refractivity contribution in [2.24, 2.45) is 0 Å². The number of hydrogen-bond donors (Lipinski definition) is 0. The van der Waals surface area contributed by atoms with Gasteiger partial charge in [-0.25, -0.2) is 0 Å². The Morgan fingerprint density at radius 1 is 1.50 bits per heavy atom. The van der Waals surface area contributed by atoms with Gasteiger partial charge in [0.05, 0.1) is 0 Å². The Hall–Kier alpha value is -0.830. The van der Waals surface area contributed by atoms with Gasteiger partial charge in [0.15, 0.2) is 0 Å². The molecule has 0 spiro atoms. The second-order valence-electron chi connectivity index (χ2n) is 3.28. The molecule has 1 amide bonds. The van der Waals surface area contributed by atoms with Crippen LogP contribution in [0.2, 0.25) is 0 Å². The zero-order chi connectivity index (χ0) is 10.7. The van der Waals surface area contributed by atoms with E-state index in [1.54, 1.807) is 4.90 Å². The fraction of sp³-hybridized carbons (Fsp3) is 0.364. The van der Waals surface area contributed by atoms with Crippen molar-refractivity contribution in [1.29, 1.82) is 0 Å². The highest BCUT2D eigenvalue weighted by atomic mass is 79.9. The molecular formula is C11H14BrNO. The van der Waals surface area contributed by atoms with Crippen molar-refractivity contribution in [3.63, 3.8) is 0 Å². The number of benzene rings is 1. The van der Waals surface area contributed by atoms with Crippen LogP contribution in [0.15, 0.2) is 22.7 Å². The van der Waals surface area contributed by atoms with E-state index in [2.05, 4.69) is 15.9 Å². The van der Waals surface area contributed by atoms with Gasteiger partial charge in [-0.05, 0) is 31.5 Å². The Bertz CT molecular complexity index is 349. The van der Waals surface area contributed by atoms with E-state index in [1.165, 1.54) is 0 Å². The highest BCUT2D eigenvalue weighted by Crippen LogP contribution is 2.17. The van der Waals surface area contributed by atoms with Crippen molar-refractivity contribution in [2.45, 2.75) is 13.8 Å². The second kappa shape index (κ2) is 4.60. The van der Waals surface area contributed by atoms with E-state index in [9.17, 15) is 4.79 Å². The summed E-state index contributed by atoms with van der Waals surface area (Å²) in [6, 6.07) is 5.75. The molecule has 0 radical (unpaired) electrons. The quantitative estimate of drug-likeness (QED) is 0.796. The average molecular weight is 256 g/mol. The number of halogens is 1. The fourth-order valence-electron chi connectivity index (χ4n) is 1.17. The van der Waals surface area contributed by atoms with Gasteiger partial charge >= 0.3 is 0 Å². The third-order valence-corrected chi connectivity index (χ3v) is 2.74. The molecule has 2 nitrogen and oxygen atoms in total. The maximum Gasteiger partial charge on any atom is 0.253 e. The number of aryl methyl sites for hydroxylation is 1. The van der Waals surface area contributed by atoms with Crippen molar-refractivity contribution < 1.29 is 4.79 Å². The summed E-state index contributed by atoms with van der Waals surface area (Å²) in [5.74, 6) is 0.0753. The molecule has 0 aliphatic rings. The molecule has 1 aromatic rings. The first-order valence-electron chi connectivity index (χ1n) is 4.58. The van der Waals surface area contributed by atoms with Gasteiger partial charge in [0.2, 0.25) is 0 Å². The van der Waals surface area contributed by atoms with Gasteiger partial charge in [-0.15, -0.1) is 0 Å². The summed E-state index contributed by atoms with van der Waals surface area (Å²) < 4.78 is 0.941. The van der Waals surface area contributed by atoms with E-state index >= 15 is 0 Å². The first-order valence-corrected chi connectivity index (χ1v) is 5.37. The van der Waals surface area contributed by atoms with Crippen molar-refractivity contribution >= 4 is 21.8 Å². The topological polar surface area (TPSA) is 20.3 Å². The molecule has 0 saturated heterocycles. The zero-order valence-electron chi connectivity index (χ0n) is 8.67. The third-order valence-electron chi connectivity index (χ3n) is 2.25. The molecule has 14 heavy (non-hydrogen) atoms. The maximum atomic E-state index is 11.9. The van der Waals surface area contributed by atoms with Crippen molar-refractivity contribution in [2.75, 3.05) is 13.6 Å². The van der Waals surface area contributed by atoms with Crippen LogP contribution < -0.4 is 0 Å². The molecule has 76 valence electrons. The molecule has 3 heteroatoms. The Morgan fingerprint density at radius 2 is 2.14 bits per heavy atom. The first-order chi connectivity index (χ1) is 6.56. The van der Waals surface area contributed by atoms with Gasteiger partial charge < -0.3 is 4.90 Å². The highest BCUT2D eigenvalue weighted by Gasteiger charge is 2.12. The summed E-state index contributed by atoms with van der Waals surface area (Å²) in [6.07, 6.45) is 0. The van der Waals surface area contributed by atoms with E-state index in [4.69, 9.17) is 0 Å². The normalized spacial score (nSPS) is 10.0. The van der Waals surface area contributed by atoms with Gasteiger partial charge in [-0.2, -0.15) is 0 Å². The number of carbonyl (C=O) groups is 1. The van der Waals surface area contributed by atoms with E-state index in [0.717, 1.165) is 22.1 Å². The summed E-state index contributed by atoms with van der Waals surface area (Å²) >= 11 is 3.36. The number of amides is 1. The molecular weight excluding hydrogens is 242 g/mol. The van der Waals surface area contributed by atoms with E-state index in [1.807, 2.05) is 39.1 Å². The van der Waals surface area contributed by atoms with Crippen LogP contribution in [0.1, 0.15) is 22.8 Å². The Morgan fingerprint density at radius 3 is 2.71 bits per heavy atom. The molecule has 0 unspecified atom stereocenters. The van der Waals surface area contributed by atoms with Crippen LogP contribution in [-0.2, 0) is 0 Å². The van der Waals surface area contributed by atoms with E-state index in [-0.39, 0.29) is 5.91 Å². The minimum absolute atomic E-state index is 0.0753. The number of nitrogens with zero attached hydrogens (tertiary/aromatic N) is 1. The molecule has 0 fully saturated rings. The summed E-state index contributed by atoms with van der Waals surface area (Å²) in [5, 5.41) is 0. The summed E-state index contributed by atoms with van der Waals surface area (Å²) in [4.78, 5) is 13.6. The molecule has 0 N–H and O–H groups in total. The molecule has 1 aromatic carbocycles. The van der Waals surface area contributed by atoms with Crippen molar-refractivity contribution in [3.8, 4) is 0 Å². The largest absolute Gasteiger partial charge is 0.342 e. The lowest BCUT2D eigenvalue weighted by molar-refractivity contribution is 0.0801. The smallest absolute Gasteiger partial charge is 0.253 e. The van der Waals surface area contributed by atoms with E-state index in [0.29, 0.717) is 0 Å². The Balaban J connectivity index is 3.06. The minimum atomic E-state index is 0.0753. The Labute approximate surface area is 93.0 Å². The first kappa shape index (κ1) is 11.2. The number of rotatable bonds is 2. The lowest BCUT2D eigenvalue weighted by Gasteiger charge is -2.16. The molecule has 1 rings (SSSR count). The SMILES string of the molecule is CCN(C)C(=O)c1cc(Br)ccc1C. The van der Waals surface area contributed by atoms with Crippen LogP contribution in [0.4, 0.5) is 0 Å². The van der Waals surface area contributed by atoms with Gasteiger partial charge in [-0.3, -0.25) is 4.79 Å². The molecule has 0 saturated carbocycles. The molecule has 0 heterocycles. The van der Waals surface area contributed by atoms with Crippen LogP contribution in [-0.4, -0.2) is 24.4 Å². The number of carbonyl (C=O) groups excluding carboxylic acids is 1. The highest BCUT2D eigenvalue weighted by molar-refractivity contribution is 9.10. The van der Waals surface area contributed by atoms with Gasteiger partial charge in [0.1, 0.15) is 0 Å². The summed E-state index contributed by atoms with van der Waals surface area (Å²) in [6.45, 7) is 4.64. The van der Waals surface area contributed by atoms with Gasteiger partial charge in [0.25, 0.3) is 5.91 Å². The van der Waals surface area contributed by atoms with Gasteiger partial charge in [0, 0.05) is 23.6 Å². The molecule has 0 aliphatic carbocycles. The van der Waals surface area contributed by atoms with E-state index < -0.39 is 0 Å². The second-order valence-corrected chi connectivity index (χ2v) is 4.19. The number of hydrogen-bond acceptors (Lipinski definition) is 1. The zero-order valence-corrected chi connectivity index (χ0v) is 10.3. The average Bonchev–Trinajstić information content (AvgIpc) is 2.19. The van der Waals surface area contributed by atoms with Crippen molar-refractivity contribution in [3.05, 3.63) is 33.8 Å². The Kier molecular flexibility index (Phi) is 3.69. The monoisotopic (exact) mass is 255 g/mol. The lowest BCUT2D eigenvalue weighted by atomic mass is 10.1. The third kappa shape index (κ3) is 2.35.